The van der Waals surface area contributed by atoms with Crippen LogP contribution in [0.4, 0.5) is 5.13 Å². The van der Waals surface area contributed by atoms with Crippen LogP contribution in [0.2, 0.25) is 0 Å². The Balaban J connectivity index is 1.81. The first-order valence-electron chi connectivity index (χ1n) is 6.62. The largest absolute Gasteiger partial charge is 0.383 e. The van der Waals surface area contributed by atoms with Gasteiger partial charge in [0.1, 0.15) is 5.82 Å². The van der Waals surface area contributed by atoms with Crippen molar-refractivity contribution in [3.8, 4) is 0 Å². The van der Waals surface area contributed by atoms with Gasteiger partial charge in [-0.25, -0.2) is 4.98 Å². The van der Waals surface area contributed by atoms with E-state index in [1.54, 1.807) is 7.11 Å². The number of hydrogen-bond donors (Lipinski definition) is 1. The summed E-state index contributed by atoms with van der Waals surface area (Å²) in [6.07, 6.45) is 3.36. The first-order chi connectivity index (χ1) is 8.81. The number of aromatic nitrogens is 2. The molecule has 0 radical (unpaired) electrons. The Morgan fingerprint density at radius 3 is 3.17 bits per heavy atom. The molecule has 0 amide bonds. The molecule has 1 N–H and O–H groups in total. The molecule has 1 aromatic heterocycles. The van der Waals surface area contributed by atoms with E-state index in [0.717, 1.165) is 37.1 Å². The maximum absolute atomic E-state index is 5.13. The van der Waals surface area contributed by atoms with E-state index in [1.807, 2.05) is 0 Å². The van der Waals surface area contributed by atoms with Crippen LogP contribution in [0.1, 0.15) is 25.6 Å². The molecule has 6 heteroatoms. The van der Waals surface area contributed by atoms with Crippen molar-refractivity contribution in [1.82, 2.24) is 14.3 Å². The number of nitrogens with zero attached hydrogens (tertiary/aromatic N) is 3. The molecule has 1 aromatic rings. The fourth-order valence-electron chi connectivity index (χ4n) is 2.23. The predicted octanol–water partition coefficient (Wildman–Crippen LogP) is 1.62. The number of aryl methyl sites for hydroxylation is 1. The van der Waals surface area contributed by atoms with Crippen molar-refractivity contribution in [2.24, 2.45) is 0 Å². The van der Waals surface area contributed by atoms with Gasteiger partial charge in [-0.2, -0.15) is 4.37 Å². The van der Waals surface area contributed by atoms with Crippen LogP contribution in [0.15, 0.2) is 0 Å². The summed E-state index contributed by atoms with van der Waals surface area (Å²) in [4.78, 5) is 6.91. The van der Waals surface area contributed by atoms with Gasteiger partial charge in [-0.15, -0.1) is 0 Å². The van der Waals surface area contributed by atoms with Gasteiger partial charge < -0.3 is 10.1 Å². The summed E-state index contributed by atoms with van der Waals surface area (Å²) in [7, 11) is 1.76. The molecule has 1 atom stereocenters. The number of nitrogens with one attached hydrogen (secondary N) is 1. The van der Waals surface area contributed by atoms with E-state index in [-0.39, 0.29) is 0 Å². The zero-order valence-electron chi connectivity index (χ0n) is 11.2. The highest BCUT2D eigenvalue weighted by molar-refractivity contribution is 7.09. The molecule has 2 heterocycles. The summed E-state index contributed by atoms with van der Waals surface area (Å²) >= 11 is 1.47. The lowest BCUT2D eigenvalue weighted by atomic mass is 10.1. The van der Waals surface area contributed by atoms with E-state index in [4.69, 9.17) is 4.74 Å². The molecule has 1 aliphatic rings. The van der Waals surface area contributed by atoms with Crippen LogP contribution >= 0.6 is 11.5 Å². The summed E-state index contributed by atoms with van der Waals surface area (Å²) in [6.45, 7) is 6.16. The maximum atomic E-state index is 5.13. The molecule has 1 aliphatic heterocycles. The van der Waals surface area contributed by atoms with Crippen molar-refractivity contribution in [3.05, 3.63) is 5.82 Å². The molecule has 1 fully saturated rings. The lowest BCUT2D eigenvalue weighted by Crippen LogP contribution is -2.43. The third-order valence-electron chi connectivity index (χ3n) is 3.23. The third kappa shape index (κ3) is 3.90. The number of piperidine rings is 1. The predicted molar refractivity (Wildman–Crippen MR) is 74.2 cm³/mol. The minimum Gasteiger partial charge on any atom is -0.383 e. The molecule has 0 unspecified atom stereocenters. The number of anilines is 1. The van der Waals surface area contributed by atoms with Crippen molar-refractivity contribution in [2.45, 2.75) is 32.2 Å². The maximum Gasteiger partial charge on any atom is 0.202 e. The van der Waals surface area contributed by atoms with E-state index < -0.39 is 0 Å². The van der Waals surface area contributed by atoms with Gasteiger partial charge in [0.15, 0.2) is 0 Å². The van der Waals surface area contributed by atoms with Gasteiger partial charge in [0.05, 0.1) is 6.61 Å². The van der Waals surface area contributed by atoms with E-state index in [9.17, 15) is 0 Å². The highest BCUT2D eigenvalue weighted by Crippen LogP contribution is 2.17. The highest BCUT2D eigenvalue weighted by Gasteiger charge is 2.20. The zero-order chi connectivity index (χ0) is 12.8. The van der Waals surface area contributed by atoms with Gasteiger partial charge in [0, 0.05) is 44.2 Å². The Morgan fingerprint density at radius 2 is 2.44 bits per heavy atom. The van der Waals surface area contributed by atoms with Gasteiger partial charge >= 0.3 is 0 Å². The van der Waals surface area contributed by atoms with Crippen molar-refractivity contribution >= 4 is 16.7 Å². The van der Waals surface area contributed by atoms with E-state index in [1.165, 1.54) is 30.9 Å². The molecular formula is C12H22N4OS. The average Bonchev–Trinajstić information content (AvgIpc) is 2.84. The summed E-state index contributed by atoms with van der Waals surface area (Å²) in [5.41, 5.74) is 0. The van der Waals surface area contributed by atoms with Crippen LogP contribution in [-0.2, 0) is 11.2 Å². The summed E-state index contributed by atoms with van der Waals surface area (Å²) in [5, 5.41) is 4.47. The molecule has 2 rings (SSSR count). The first-order valence-corrected chi connectivity index (χ1v) is 7.39. The van der Waals surface area contributed by atoms with Crippen molar-refractivity contribution < 1.29 is 4.74 Å². The topological polar surface area (TPSA) is 50.3 Å². The lowest BCUT2D eigenvalue weighted by Gasteiger charge is -2.32. The molecule has 0 bridgehead atoms. The minimum absolute atomic E-state index is 0.494. The van der Waals surface area contributed by atoms with Gasteiger partial charge in [-0.1, -0.05) is 6.92 Å². The second-order valence-corrected chi connectivity index (χ2v) is 5.40. The fourth-order valence-corrected chi connectivity index (χ4v) is 2.95. The Labute approximate surface area is 113 Å². The van der Waals surface area contributed by atoms with Crippen LogP contribution in [0.5, 0.6) is 0 Å². The highest BCUT2D eigenvalue weighted by atomic mass is 32.1. The number of rotatable bonds is 6. The Bertz CT molecular complexity index is 358. The summed E-state index contributed by atoms with van der Waals surface area (Å²) in [6, 6.07) is 0.494. The molecule has 1 saturated heterocycles. The molecule has 0 saturated carbocycles. The summed E-state index contributed by atoms with van der Waals surface area (Å²) in [5.74, 6) is 0.939. The van der Waals surface area contributed by atoms with E-state index in [2.05, 4.69) is 26.5 Å². The van der Waals surface area contributed by atoms with Gasteiger partial charge in [-0.3, -0.25) is 4.90 Å². The first kappa shape index (κ1) is 13.7. The minimum atomic E-state index is 0.494. The van der Waals surface area contributed by atoms with Crippen molar-refractivity contribution in [1.29, 1.82) is 0 Å². The average molecular weight is 270 g/mol. The van der Waals surface area contributed by atoms with Crippen LogP contribution < -0.4 is 5.32 Å². The number of hydrogen-bond acceptors (Lipinski definition) is 6. The quantitative estimate of drug-likeness (QED) is 0.851. The molecule has 102 valence electrons. The van der Waals surface area contributed by atoms with Gasteiger partial charge in [0.2, 0.25) is 5.13 Å². The molecule has 5 nitrogen and oxygen atoms in total. The van der Waals surface area contributed by atoms with Gasteiger partial charge in [0.25, 0.3) is 0 Å². The van der Waals surface area contributed by atoms with E-state index >= 15 is 0 Å². The Morgan fingerprint density at radius 1 is 1.56 bits per heavy atom. The fraction of sp³-hybridized carbons (Fsp3) is 0.833. The van der Waals surface area contributed by atoms with Crippen LogP contribution in [0.3, 0.4) is 0 Å². The second-order valence-electron chi connectivity index (χ2n) is 4.65. The standard InChI is InChI=1S/C12H22N4OS/c1-3-11-14-12(18-15-11)13-10-5-4-6-16(9-10)7-8-17-2/h10H,3-9H2,1-2H3,(H,13,14,15)/t10-/m1/s1. The number of ether oxygens (including phenoxy) is 1. The van der Waals surface area contributed by atoms with E-state index in [0.29, 0.717) is 6.04 Å². The smallest absolute Gasteiger partial charge is 0.202 e. The lowest BCUT2D eigenvalue weighted by molar-refractivity contribution is 0.131. The van der Waals surface area contributed by atoms with Crippen LogP contribution in [-0.4, -0.2) is 53.7 Å². The molecule has 18 heavy (non-hydrogen) atoms. The monoisotopic (exact) mass is 270 g/mol. The molecular weight excluding hydrogens is 248 g/mol. The summed E-state index contributed by atoms with van der Waals surface area (Å²) < 4.78 is 9.44. The second kappa shape index (κ2) is 7.01. The molecule has 0 spiro atoms. The van der Waals surface area contributed by atoms with Crippen LogP contribution in [0.25, 0.3) is 0 Å². The number of methoxy groups -OCH3 is 1. The van der Waals surface area contributed by atoms with Crippen molar-refractivity contribution in [3.63, 3.8) is 0 Å². The third-order valence-corrected chi connectivity index (χ3v) is 3.91. The van der Waals surface area contributed by atoms with Crippen molar-refractivity contribution in [2.75, 3.05) is 38.7 Å². The molecule has 0 aromatic carbocycles. The van der Waals surface area contributed by atoms with Crippen LogP contribution in [0, 0.1) is 0 Å². The van der Waals surface area contributed by atoms with Gasteiger partial charge in [-0.05, 0) is 19.4 Å². The number of likely N-dealkylation sites (tertiary alicyclic amines) is 1. The molecule has 0 aliphatic carbocycles. The normalized spacial score (nSPS) is 21.1. The SMILES string of the molecule is CCc1nsc(N[C@@H]2CCCN(CCOC)C2)n1. The Kier molecular flexibility index (Phi) is 5.34. The zero-order valence-corrected chi connectivity index (χ0v) is 12.0. The Hall–Kier alpha value is -0.720.